The SMILES string of the molecule is CCc1ccc(C2/C(=C(/O)c3cccc4ccccc34)C(=O)C(=O)N2c2ccc(C(C)(C)C)cc2)cc1. The van der Waals surface area contributed by atoms with Gasteiger partial charge in [-0.05, 0) is 51.4 Å². The highest BCUT2D eigenvalue weighted by atomic mass is 16.3. The van der Waals surface area contributed by atoms with Crippen molar-refractivity contribution < 1.29 is 14.7 Å². The topological polar surface area (TPSA) is 57.6 Å². The van der Waals surface area contributed by atoms with Crippen LogP contribution in [-0.4, -0.2) is 16.8 Å². The Morgan fingerprint density at radius 1 is 0.838 bits per heavy atom. The molecule has 1 saturated heterocycles. The first-order chi connectivity index (χ1) is 17.7. The van der Waals surface area contributed by atoms with Crippen LogP contribution in [-0.2, 0) is 21.4 Å². The van der Waals surface area contributed by atoms with Gasteiger partial charge in [-0.2, -0.15) is 0 Å². The molecule has 0 bridgehead atoms. The number of benzene rings is 4. The molecule has 0 saturated carbocycles. The Labute approximate surface area is 217 Å². The summed E-state index contributed by atoms with van der Waals surface area (Å²) < 4.78 is 0. The molecule has 1 aliphatic heterocycles. The van der Waals surface area contributed by atoms with Crippen molar-refractivity contribution in [1.82, 2.24) is 0 Å². The summed E-state index contributed by atoms with van der Waals surface area (Å²) in [5.41, 5.74) is 4.28. The van der Waals surface area contributed by atoms with Crippen LogP contribution < -0.4 is 4.90 Å². The molecule has 0 aliphatic carbocycles. The number of rotatable bonds is 4. The number of aliphatic hydroxyl groups excluding tert-OH is 1. The number of aliphatic hydroxyl groups is 1. The van der Waals surface area contributed by atoms with Gasteiger partial charge in [0, 0.05) is 11.3 Å². The van der Waals surface area contributed by atoms with E-state index in [9.17, 15) is 14.7 Å². The van der Waals surface area contributed by atoms with Crippen LogP contribution in [0.4, 0.5) is 5.69 Å². The minimum atomic E-state index is -0.745. The summed E-state index contributed by atoms with van der Waals surface area (Å²) in [5, 5.41) is 13.4. The number of Topliss-reactive ketones (excluding diaryl/α,β-unsaturated/α-hetero) is 1. The zero-order valence-corrected chi connectivity index (χ0v) is 21.7. The predicted molar refractivity (Wildman–Crippen MR) is 150 cm³/mol. The Kier molecular flexibility index (Phi) is 6.20. The zero-order valence-electron chi connectivity index (χ0n) is 21.7. The number of hydrogen-bond acceptors (Lipinski definition) is 3. The van der Waals surface area contributed by atoms with Gasteiger partial charge in [0.1, 0.15) is 5.76 Å². The number of aryl methyl sites for hydroxylation is 1. The van der Waals surface area contributed by atoms with Gasteiger partial charge in [0.15, 0.2) is 0 Å². The molecule has 37 heavy (non-hydrogen) atoms. The number of carbonyl (C=O) groups excluding carboxylic acids is 2. The molecule has 1 heterocycles. The van der Waals surface area contributed by atoms with Gasteiger partial charge in [-0.25, -0.2) is 0 Å². The normalized spacial score (nSPS) is 17.5. The van der Waals surface area contributed by atoms with Crippen molar-refractivity contribution >= 4 is 33.9 Å². The van der Waals surface area contributed by atoms with Crippen molar-refractivity contribution in [3.63, 3.8) is 0 Å². The minimum Gasteiger partial charge on any atom is -0.507 e. The average molecular weight is 490 g/mol. The first-order valence-electron chi connectivity index (χ1n) is 12.7. The number of anilines is 1. The molecule has 0 aromatic heterocycles. The van der Waals surface area contributed by atoms with Gasteiger partial charge in [-0.3, -0.25) is 14.5 Å². The molecule has 4 aromatic carbocycles. The van der Waals surface area contributed by atoms with Gasteiger partial charge < -0.3 is 5.11 Å². The molecule has 0 spiro atoms. The molecule has 1 N–H and O–H groups in total. The van der Waals surface area contributed by atoms with E-state index in [1.54, 1.807) is 6.07 Å². The van der Waals surface area contributed by atoms with E-state index in [2.05, 4.69) is 27.7 Å². The lowest BCUT2D eigenvalue weighted by Crippen LogP contribution is -2.29. The van der Waals surface area contributed by atoms with Crippen LogP contribution in [0.5, 0.6) is 0 Å². The summed E-state index contributed by atoms with van der Waals surface area (Å²) in [7, 11) is 0. The predicted octanol–water partition coefficient (Wildman–Crippen LogP) is 7.33. The van der Waals surface area contributed by atoms with Gasteiger partial charge in [0.2, 0.25) is 0 Å². The Morgan fingerprint density at radius 2 is 1.49 bits per heavy atom. The quantitative estimate of drug-likeness (QED) is 0.186. The van der Waals surface area contributed by atoms with E-state index in [1.807, 2.05) is 84.9 Å². The summed E-state index contributed by atoms with van der Waals surface area (Å²) in [6.45, 7) is 8.48. The maximum absolute atomic E-state index is 13.6. The number of amides is 1. The molecule has 4 aromatic rings. The number of nitrogens with zero attached hydrogens (tertiary/aromatic N) is 1. The third-order valence-corrected chi connectivity index (χ3v) is 7.20. The Hall–Kier alpha value is -4.18. The molecular formula is C33H31NO3. The largest absolute Gasteiger partial charge is 0.507 e. The van der Waals surface area contributed by atoms with E-state index < -0.39 is 17.7 Å². The Morgan fingerprint density at radius 3 is 2.14 bits per heavy atom. The monoisotopic (exact) mass is 489 g/mol. The van der Waals surface area contributed by atoms with Crippen molar-refractivity contribution in [2.45, 2.75) is 45.6 Å². The van der Waals surface area contributed by atoms with Gasteiger partial charge >= 0.3 is 0 Å². The summed E-state index contributed by atoms with van der Waals surface area (Å²) in [6.07, 6.45) is 0.880. The smallest absolute Gasteiger partial charge is 0.300 e. The summed E-state index contributed by atoms with van der Waals surface area (Å²) >= 11 is 0. The summed E-state index contributed by atoms with van der Waals surface area (Å²) in [4.78, 5) is 28.6. The number of fused-ring (bicyclic) bond motifs is 1. The molecule has 1 fully saturated rings. The highest BCUT2D eigenvalue weighted by molar-refractivity contribution is 6.51. The second-order valence-corrected chi connectivity index (χ2v) is 10.6. The molecule has 1 amide bonds. The Balaban J connectivity index is 1.72. The molecule has 1 atom stereocenters. The third kappa shape index (κ3) is 4.33. The third-order valence-electron chi connectivity index (χ3n) is 7.20. The number of carbonyl (C=O) groups is 2. The van der Waals surface area contributed by atoms with Gasteiger partial charge in [0.25, 0.3) is 11.7 Å². The van der Waals surface area contributed by atoms with Gasteiger partial charge in [0.05, 0.1) is 11.6 Å². The standard InChI is InChI=1S/C33H31NO3/c1-5-21-13-15-23(16-14-21)29-28(30(35)27-12-8-10-22-9-6-7-11-26(22)27)31(36)32(37)34(29)25-19-17-24(18-20-25)33(2,3)4/h6-20,29,35H,5H2,1-4H3/b30-28-. The van der Waals surface area contributed by atoms with Gasteiger partial charge in [-0.15, -0.1) is 0 Å². The molecule has 186 valence electrons. The maximum Gasteiger partial charge on any atom is 0.300 e. The van der Waals surface area contributed by atoms with Crippen molar-refractivity contribution in [1.29, 1.82) is 0 Å². The fourth-order valence-electron chi connectivity index (χ4n) is 5.05. The number of hydrogen-bond donors (Lipinski definition) is 1. The van der Waals surface area contributed by atoms with Crippen LogP contribution in [0.25, 0.3) is 16.5 Å². The van der Waals surface area contributed by atoms with Crippen LogP contribution in [0.3, 0.4) is 0 Å². The van der Waals surface area contributed by atoms with Crippen molar-refractivity contribution in [3.8, 4) is 0 Å². The van der Waals surface area contributed by atoms with Crippen LogP contribution in [0.1, 0.15) is 56.0 Å². The second-order valence-electron chi connectivity index (χ2n) is 10.6. The summed E-state index contributed by atoms with van der Waals surface area (Å²) in [5.74, 6) is -1.49. The van der Waals surface area contributed by atoms with E-state index in [4.69, 9.17) is 0 Å². The van der Waals surface area contributed by atoms with E-state index in [0.717, 1.165) is 33.9 Å². The molecule has 4 nitrogen and oxygen atoms in total. The zero-order chi connectivity index (χ0) is 26.3. The first kappa shape index (κ1) is 24.5. The lowest BCUT2D eigenvalue weighted by molar-refractivity contribution is -0.132. The minimum absolute atomic E-state index is 0.0452. The van der Waals surface area contributed by atoms with Crippen LogP contribution in [0, 0.1) is 0 Å². The van der Waals surface area contributed by atoms with Crippen LogP contribution >= 0.6 is 0 Å². The van der Waals surface area contributed by atoms with Crippen LogP contribution in [0.2, 0.25) is 0 Å². The molecule has 1 aliphatic rings. The molecule has 0 radical (unpaired) electrons. The van der Waals surface area contributed by atoms with E-state index in [1.165, 1.54) is 4.90 Å². The van der Waals surface area contributed by atoms with Crippen molar-refractivity contribution in [2.75, 3.05) is 4.90 Å². The maximum atomic E-state index is 13.6. The molecule has 5 rings (SSSR count). The fourth-order valence-corrected chi connectivity index (χ4v) is 5.05. The second kappa shape index (κ2) is 9.36. The van der Waals surface area contributed by atoms with Crippen LogP contribution in [0.15, 0.2) is 96.6 Å². The summed E-state index contributed by atoms with van der Waals surface area (Å²) in [6, 6.07) is 28.2. The molecule has 1 unspecified atom stereocenters. The van der Waals surface area contributed by atoms with Crippen molar-refractivity contribution in [3.05, 3.63) is 119 Å². The van der Waals surface area contributed by atoms with Crippen molar-refractivity contribution in [2.24, 2.45) is 0 Å². The van der Waals surface area contributed by atoms with E-state index >= 15 is 0 Å². The highest BCUT2D eigenvalue weighted by Gasteiger charge is 2.47. The molecular weight excluding hydrogens is 458 g/mol. The fraction of sp³-hybridized carbons (Fsp3) is 0.212. The molecule has 4 heteroatoms. The van der Waals surface area contributed by atoms with E-state index in [0.29, 0.717) is 11.3 Å². The van der Waals surface area contributed by atoms with E-state index in [-0.39, 0.29) is 16.7 Å². The lowest BCUT2D eigenvalue weighted by atomic mass is 9.87. The highest BCUT2D eigenvalue weighted by Crippen LogP contribution is 2.43. The van der Waals surface area contributed by atoms with Gasteiger partial charge in [-0.1, -0.05) is 107 Å². The first-order valence-corrected chi connectivity index (χ1v) is 12.7. The number of ketones is 1. The average Bonchev–Trinajstić information content (AvgIpc) is 3.17. The Bertz CT molecular complexity index is 1520. The lowest BCUT2D eigenvalue weighted by Gasteiger charge is -2.27.